The second-order valence-electron chi connectivity index (χ2n) is 7.25. The molecule has 0 saturated carbocycles. The first kappa shape index (κ1) is 21.0. The van der Waals surface area contributed by atoms with Gasteiger partial charge in [0.05, 0.1) is 22.0 Å². The summed E-state index contributed by atoms with van der Waals surface area (Å²) < 4.78 is 25.8. The van der Waals surface area contributed by atoms with Crippen molar-refractivity contribution in [2.75, 3.05) is 11.9 Å². The van der Waals surface area contributed by atoms with Crippen molar-refractivity contribution in [3.63, 3.8) is 0 Å². The van der Waals surface area contributed by atoms with E-state index in [2.05, 4.69) is 38.3 Å². The van der Waals surface area contributed by atoms with Crippen molar-refractivity contribution in [2.45, 2.75) is 43.5 Å². The molecule has 0 aliphatic heterocycles. The largest absolute Gasteiger partial charge is 0.375 e. The van der Waals surface area contributed by atoms with Gasteiger partial charge in [0.25, 0.3) is 0 Å². The van der Waals surface area contributed by atoms with Gasteiger partial charge in [-0.3, -0.25) is 4.79 Å². The fourth-order valence-corrected chi connectivity index (χ4v) is 4.55. The molecule has 2 N–H and O–H groups in total. The van der Waals surface area contributed by atoms with Crippen LogP contribution in [0.15, 0.2) is 64.4 Å². The van der Waals surface area contributed by atoms with Gasteiger partial charge in [-0.05, 0) is 36.1 Å². The number of hydrogen-bond acceptors (Lipinski definition) is 4. The van der Waals surface area contributed by atoms with Crippen molar-refractivity contribution in [3.8, 4) is 0 Å². The van der Waals surface area contributed by atoms with Gasteiger partial charge in [-0.2, -0.15) is 0 Å². The molecule has 0 spiro atoms. The molecule has 6 heteroatoms. The Balaban J connectivity index is 2.16. The standard InChI is InChI=1S/C21H28N2O3S/c1-15(2)21(16(3)4)23-20(24)14-22-18-12-8-9-13-19(18)27(25,26)17-10-6-5-7-11-17/h5-13,15-16,21-22H,14H2,1-4H3,(H,23,24). The van der Waals surface area contributed by atoms with E-state index in [0.717, 1.165) is 0 Å². The van der Waals surface area contributed by atoms with Crippen LogP contribution in [-0.4, -0.2) is 26.9 Å². The minimum Gasteiger partial charge on any atom is -0.375 e. The molecule has 0 aliphatic rings. The summed E-state index contributed by atoms with van der Waals surface area (Å²) in [6, 6.07) is 15.0. The van der Waals surface area contributed by atoms with E-state index in [9.17, 15) is 13.2 Å². The summed E-state index contributed by atoms with van der Waals surface area (Å²) >= 11 is 0. The van der Waals surface area contributed by atoms with Gasteiger partial charge in [0.15, 0.2) is 0 Å². The van der Waals surface area contributed by atoms with Crippen molar-refractivity contribution in [1.82, 2.24) is 5.32 Å². The van der Waals surface area contributed by atoms with E-state index >= 15 is 0 Å². The van der Waals surface area contributed by atoms with Crippen molar-refractivity contribution in [1.29, 1.82) is 0 Å². The number of anilines is 1. The fraction of sp³-hybridized carbons (Fsp3) is 0.381. The van der Waals surface area contributed by atoms with E-state index in [-0.39, 0.29) is 28.3 Å². The van der Waals surface area contributed by atoms with Gasteiger partial charge in [0, 0.05) is 6.04 Å². The second kappa shape index (κ2) is 9.04. The van der Waals surface area contributed by atoms with E-state index in [1.165, 1.54) is 0 Å². The van der Waals surface area contributed by atoms with Crippen LogP contribution in [0.25, 0.3) is 0 Å². The summed E-state index contributed by atoms with van der Waals surface area (Å²) in [5.41, 5.74) is 0.419. The SMILES string of the molecule is CC(C)C(NC(=O)CNc1ccccc1S(=O)(=O)c1ccccc1)C(C)C. The number of benzene rings is 2. The number of hydrogen-bond donors (Lipinski definition) is 2. The number of sulfone groups is 1. The predicted molar refractivity (Wildman–Crippen MR) is 108 cm³/mol. The normalized spacial score (nSPS) is 11.8. The summed E-state index contributed by atoms with van der Waals surface area (Å²) in [5.74, 6) is 0.480. The maximum absolute atomic E-state index is 12.9. The third kappa shape index (κ3) is 5.32. The van der Waals surface area contributed by atoms with E-state index in [0.29, 0.717) is 17.5 Å². The van der Waals surface area contributed by atoms with Gasteiger partial charge in [-0.15, -0.1) is 0 Å². The maximum atomic E-state index is 12.9. The van der Waals surface area contributed by atoms with Crippen LogP contribution in [0.3, 0.4) is 0 Å². The third-order valence-electron chi connectivity index (χ3n) is 4.43. The monoisotopic (exact) mass is 388 g/mol. The zero-order valence-electron chi connectivity index (χ0n) is 16.3. The van der Waals surface area contributed by atoms with Gasteiger partial charge < -0.3 is 10.6 Å². The molecule has 27 heavy (non-hydrogen) atoms. The summed E-state index contributed by atoms with van der Waals surface area (Å²) in [6.07, 6.45) is 0. The molecule has 0 radical (unpaired) electrons. The van der Waals surface area contributed by atoms with E-state index in [1.54, 1.807) is 54.6 Å². The van der Waals surface area contributed by atoms with Crippen LogP contribution in [-0.2, 0) is 14.6 Å². The van der Waals surface area contributed by atoms with Crippen LogP contribution in [0.5, 0.6) is 0 Å². The van der Waals surface area contributed by atoms with Crippen molar-refractivity contribution in [2.24, 2.45) is 11.8 Å². The van der Waals surface area contributed by atoms with E-state index in [4.69, 9.17) is 0 Å². The van der Waals surface area contributed by atoms with Crippen molar-refractivity contribution >= 4 is 21.4 Å². The summed E-state index contributed by atoms with van der Waals surface area (Å²) in [4.78, 5) is 12.7. The van der Waals surface area contributed by atoms with Crippen LogP contribution in [0.2, 0.25) is 0 Å². The Kier molecular flexibility index (Phi) is 7.02. The first-order valence-corrected chi connectivity index (χ1v) is 10.6. The molecular formula is C21H28N2O3S. The van der Waals surface area contributed by atoms with Gasteiger partial charge in [-0.1, -0.05) is 58.0 Å². The quantitative estimate of drug-likeness (QED) is 0.723. The van der Waals surface area contributed by atoms with Crippen LogP contribution in [0.4, 0.5) is 5.69 Å². The minimum atomic E-state index is -3.66. The molecule has 0 saturated heterocycles. The van der Waals surface area contributed by atoms with E-state index in [1.807, 2.05) is 0 Å². The molecule has 0 unspecified atom stereocenters. The molecule has 146 valence electrons. The first-order valence-electron chi connectivity index (χ1n) is 9.16. The first-order chi connectivity index (χ1) is 12.7. The molecule has 0 atom stereocenters. The number of para-hydroxylation sites is 1. The Labute approximate surface area is 162 Å². The topological polar surface area (TPSA) is 75.3 Å². The number of nitrogens with one attached hydrogen (secondary N) is 2. The van der Waals surface area contributed by atoms with Gasteiger partial charge >= 0.3 is 0 Å². The van der Waals surface area contributed by atoms with Crippen LogP contribution in [0.1, 0.15) is 27.7 Å². The molecule has 0 bridgehead atoms. The molecule has 0 fully saturated rings. The van der Waals surface area contributed by atoms with Crippen molar-refractivity contribution in [3.05, 3.63) is 54.6 Å². The van der Waals surface area contributed by atoms with Crippen molar-refractivity contribution < 1.29 is 13.2 Å². The van der Waals surface area contributed by atoms with Gasteiger partial charge in [0.2, 0.25) is 15.7 Å². The highest BCUT2D eigenvalue weighted by molar-refractivity contribution is 7.91. The highest BCUT2D eigenvalue weighted by Crippen LogP contribution is 2.27. The fourth-order valence-electron chi connectivity index (χ4n) is 3.09. The summed E-state index contributed by atoms with van der Waals surface area (Å²) in [5, 5.41) is 6.01. The molecule has 0 heterocycles. The molecule has 2 aromatic rings. The zero-order valence-corrected chi connectivity index (χ0v) is 17.1. The lowest BCUT2D eigenvalue weighted by molar-refractivity contribution is -0.120. The summed E-state index contributed by atoms with van der Waals surface area (Å²) in [7, 11) is -3.66. The average Bonchev–Trinajstić information content (AvgIpc) is 2.64. The average molecular weight is 389 g/mol. The zero-order chi connectivity index (χ0) is 20.0. The van der Waals surface area contributed by atoms with Crippen LogP contribution < -0.4 is 10.6 Å². The highest BCUT2D eigenvalue weighted by Gasteiger charge is 2.22. The van der Waals surface area contributed by atoms with Crippen LogP contribution in [0, 0.1) is 11.8 Å². The van der Waals surface area contributed by atoms with Crippen LogP contribution >= 0.6 is 0 Å². The Morgan fingerprint density at radius 3 is 2.04 bits per heavy atom. The number of carbonyl (C=O) groups excluding carboxylic acids is 1. The Morgan fingerprint density at radius 1 is 0.889 bits per heavy atom. The minimum absolute atomic E-state index is 0.0112. The van der Waals surface area contributed by atoms with Gasteiger partial charge in [-0.25, -0.2) is 8.42 Å². The lowest BCUT2D eigenvalue weighted by atomic mass is 9.93. The Hall–Kier alpha value is -2.34. The predicted octanol–water partition coefficient (Wildman–Crippen LogP) is 3.73. The third-order valence-corrected chi connectivity index (χ3v) is 6.26. The Bertz CT molecular complexity index is 854. The maximum Gasteiger partial charge on any atom is 0.239 e. The molecular weight excluding hydrogens is 360 g/mol. The summed E-state index contributed by atoms with van der Waals surface area (Å²) in [6.45, 7) is 8.29. The molecule has 0 aliphatic carbocycles. The molecule has 5 nitrogen and oxygen atoms in total. The second-order valence-corrected chi connectivity index (χ2v) is 9.17. The number of carbonyl (C=O) groups is 1. The number of rotatable bonds is 8. The number of amides is 1. The highest BCUT2D eigenvalue weighted by atomic mass is 32.2. The smallest absolute Gasteiger partial charge is 0.239 e. The van der Waals surface area contributed by atoms with E-state index < -0.39 is 9.84 Å². The van der Waals surface area contributed by atoms with Gasteiger partial charge in [0.1, 0.15) is 0 Å². The lowest BCUT2D eigenvalue weighted by Gasteiger charge is -2.26. The Morgan fingerprint density at radius 2 is 1.44 bits per heavy atom. The molecule has 2 aromatic carbocycles. The molecule has 2 rings (SSSR count). The molecule has 0 aromatic heterocycles. The molecule has 1 amide bonds. The lowest BCUT2D eigenvalue weighted by Crippen LogP contribution is -2.44.